The van der Waals surface area contributed by atoms with Gasteiger partial charge < -0.3 is 0 Å². The molecule has 1 N–H and O–H groups in total. The lowest BCUT2D eigenvalue weighted by Crippen LogP contribution is -2.39. The van der Waals surface area contributed by atoms with Crippen molar-refractivity contribution in [3.05, 3.63) is 17.5 Å². The van der Waals surface area contributed by atoms with Crippen LogP contribution >= 0.6 is 0 Å². The van der Waals surface area contributed by atoms with Crippen molar-refractivity contribution in [3.8, 4) is 0 Å². The summed E-state index contributed by atoms with van der Waals surface area (Å²) in [5.41, 5.74) is 2.23. The van der Waals surface area contributed by atoms with E-state index >= 15 is 0 Å². The molecule has 2 unspecified atom stereocenters. The van der Waals surface area contributed by atoms with Gasteiger partial charge in [-0.3, -0.25) is 5.10 Å². The topological polar surface area (TPSA) is 87.5 Å². The first kappa shape index (κ1) is 19.0. The van der Waals surface area contributed by atoms with Crippen molar-refractivity contribution >= 4 is 12.2 Å². The van der Waals surface area contributed by atoms with Crippen LogP contribution < -0.4 is 0 Å². The quantitative estimate of drug-likeness (QED) is 0.685. The monoisotopic (exact) mass is 318 g/mol. The van der Waals surface area contributed by atoms with Crippen LogP contribution in [0.5, 0.6) is 0 Å². The maximum absolute atomic E-state index is 10.3. The van der Waals surface area contributed by atoms with Gasteiger partial charge in [0, 0.05) is 5.69 Å². The summed E-state index contributed by atoms with van der Waals surface area (Å²) in [4.78, 5) is 28.0. The molecule has 0 amide bonds. The molecule has 1 heterocycles. The van der Waals surface area contributed by atoms with Crippen LogP contribution in [0.25, 0.3) is 0 Å². The van der Waals surface area contributed by atoms with Crippen LogP contribution in [-0.2, 0) is 9.59 Å². The van der Waals surface area contributed by atoms with Gasteiger partial charge in [0.2, 0.25) is 12.2 Å². The molecule has 2 rings (SSSR count). The number of aliphatic imine (C=N–C) groups is 2. The van der Waals surface area contributed by atoms with Gasteiger partial charge in [0.15, 0.2) is 0 Å². The van der Waals surface area contributed by atoms with E-state index in [0.717, 1.165) is 30.7 Å². The van der Waals surface area contributed by atoms with Gasteiger partial charge in [0.05, 0.1) is 18.3 Å². The van der Waals surface area contributed by atoms with E-state index in [9.17, 15) is 9.59 Å². The van der Waals surface area contributed by atoms with Crippen LogP contribution in [0.1, 0.15) is 51.4 Å². The van der Waals surface area contributed by atoms with Crippen LogP contribution in [0.2, 0.25) is 0 Å². The molecule has 6 heteroatoms. The van der Waals surface area contributed by atoms with Gasteiger partial charge in [-0.05, 0) is 50.0 Å². The fourth-order valence-corrected chi connectivity index (χ4v) is 3.64. The Hall–Kier alpha value is -2.03. The second-order valence-corrected chi connectivity index (χ2v) is 7.53. The zero-order valence-corrected chi connectivity index (χ0v) is 14.6. The highest BCUT2D eigenvalue weighted by Crippen LogP contribution is 2.47. The molecule has 1 fully saturated rings. The van der Waals surface area contributed by atoms with Gasteiger partial charge in [0.1, 0.15) is 0 Å². The Morgan fingerprint density at radius 3 is 2.39 bits per heavy atom. The molecule has 126 valence electrons. The maximum atomic E-state index is 10.3. The molecule has 1 saturated carbocycles. The van der Waals surface area contributed by atoms with Crippen molar-refractivity contribution < 1.29 is 9.59 Å². The molecular weight excluding hydrogens is 292 g/mol. The Kier molecular flexibility index (Phi) is 6.62. The van der Waals surface area contributed by atoms with Gasteiger partial charge in [0.25, 0.3) is 0 Å². The van der Waals surface area contributed by atoms with Crippen LogP contribution in [0.15, 0.2) is 16.1 Å². The SMILES string of the molecule is CC1(C)CC(N=C=O)CC(C)(CN=C=O)C1.Cc1cc(C)[nH]n1. The predicted octanol–water partition coefficient (Wildman–Crippen LogP) is 3.27. The minimum atomic E-state index is -0.0653. The summed E-state index contributed by atoms with van der Waals surface area (Å²) in [6, 6.07) is 2.01. The molecule has 6 nitrogen and oxygen atoms in total. The summed E-state index contributed by atoms with van der Waals surface area (Å²) in [7, 11) is 0. The number of isocyanates is 2. The van der Waals surface area contributed by atoms with Crippen molar-refractivity contribution in [2.75, 3.05) is 6.54 Å². The first-order valence-electron chi connectivity index (χ1n) is 7.79. The lowest BCUT2D eigenvalue weighted by Gasteiger charge is -2.44. The third kappa shape index (κ3) is 6.72. The zero-order valence-electron chi connectivity index (χ0n) is 14.6. The molecule has 1 aliphatic rings. The average molecular weight is 318 g/mol. The maximum Gasteiger partial charge on any atom is 0.235 e. The number of aryl methyl sites for hydroxylation is 2. The number of aromatic amines is 1. The van der Waals surface area contributed by atoms with Gasteiger partial charge in [-0.25, -0.2) is 19.6 Å². The first-order chi connectivity index (χ1) is 10.7. The molecular formula is C17H26N4O2. The van der Waals surface area contributed by atoms with E-state index < -0.39 is 0 Å². The van der Waals surface area contributed by atoms with Crippen molar-refractivity contribution in [3.63, 3.8) is 0 Å². The Balaban J connectivity index is 0.000000313. The number of hydrogen-bond acceptors (Lipinski definition) is 5. The fraction of sp³-hybridized carbons (Fsp3) is 0.706. The standard InChI is InChI=1S/C12H18N2O2.C5H8N2/c1-11(2)4-10(14-9-16)5-12(3,6-11)7-13-8-15;1-4-3-5(2)7-6-4/h10H,4-7H2,1-3H3;3H,1-2H3,(H,6,7). The Bertz CT molecular complexity index is 593. The van der Waals surface area contributed by atoms with Crippen molar-refractivity contribution in [1.29, 1.82) is 0 Å². The van der Waals surface area contributed by atoms with Gasteiger partial charge in [-0.2, -0.15) is 5.10 Å². The molecule has 0 saturated heterocycles. The lowest BCUT2D eigenvalue weighted by molar-refractivity contribution is 0.0915. The number of hydrogen-bond donors (Lipinski definition) is 1. The van der Waals surface area contributed by atoms with E-state index in [1.807, 2.05) is 19.9 Å². The summed E-state index contributed by atoms with van der Waals surface area (Å²) in [5.74, 6) is 0. The second-order valence-electron chi connectivity index (χ2n) is 7.53. The number of aromatic nitrogens is 2. The minimum Gasteiger partial charge on any atom is -0.283 e. The Morgan fingerprint density at radius 1 is 1.26 bits per heavy atom. The Labute approximate surface area is 137 Å². The van der Waals surface area contributed by atoms with Gasteiger partial charge in [-0.15, -0.1) is 0 Å². The van der Waals surface area contributed by atoms with Gasteiger partial charge in [-0.1, -0.05) is 20.8 Å². The fourth-order valence-electron chi connectivity index (χ4n) is 3.64. The first-order valence-corrected chi connectivity index (χ1v) is 7.79. The number of nitrogens with one attached hydrogen (secondary N) is 1. The van der Waals surface area contributed by atoms with Crippen molar-refractivity contribution in [2.45, 2.75) is 59.9 Å². The average Bonchev–Trinajstić information content (AvgIpc) is 2.79. The van der Waals surface area contributed by atoms with Crippen LogP contribution in [-0.4, -0.2) is 34.9 Å². The summed E-state index contributed by atoms with van der Waals surface area (Å²) >= 11 is 0. The third-order valence-electron chi connectivity index (χ3n) is 4.02. The zero-order chi connectivity index (χ0) is 17.5. The summed E-state index contributed by atoms with van der Waals surface area (Å²) in [6.45, 7) is 10.8. The van der Waals surface area contributed by atoms with E-state index in [1.54, 1.807) is 12.2 Å². The highest BCUT2D eigenvalue weighted by atomic mass is 16.1. The summed E-state index contributed by atoms with van der Waals surface area (Å²) < 4.78 is 0. The molecule has 0 radical (unpaired) electrons. The molecule has 0 spiro atoms. The van der Waals surface area contributed by atoms with Crippen LogP contribution in [0, 0.1) is 24.7 Å². The molecule has 2 atom stereocenters. The largest absolute Gasteiger partial charge is 0.283 e. The highest BCUT2D eigenvalue weighted by molar-refractivity contribution is 5.34. The van der Waals surface area contributed by atoms with Crippen LogP contribution in [0.3, 0.4) is 0 Å². The van der Waals surface area contributed by atoms with Crippen molar-refractivity contribution in [2.24, 2.45) is 20.8 Å². The second kappa shape index (κ2) is 8.00. The normalized spacial score (nSPS) is 25.3. The molecule has 1 aliphatic carbocycles. The van der Waals surface area contributed by atoms with E-state index in [4.69, 9.17) is 0 Å². The third-order valence-corrected chi connectivity index (χ3v) is 4.02. The number of carbonyl (C=O) groups excluding carboxylic acids is 2. The number of H-pyrrole nitrogens is 1. The van der Waals surface area contributed by atoms with E-state index in [1.165, 1.54) is 0 Å². The molecule has 0 aliphatic heterocycles. The predicted molar refractivity (Wildman–Crippen MR) is 88.7 cm³/mol. The van der Waals surface area contributed by atoms with Crippen molar-refractivity contribution in [1.82, 2.24) is 10.2 Å². The smallest absolute Gasteiger partial charge is 0.235 e. The molecule has 1 aromatic heterocycles. The van der Waals surface area contributed by atoms with Gasteiger partial charge >= 0.3 is 0 Å². The van der Waals surface area contributed by atoms with E-state index in [-0.39, 0.29) is 16.9 Å². The number of nitrogens with zero attached hydrogens (tertiary/aromatic N) is 3. The molecule has 0 bridgehead atoms. The van der Waals surface area contributed by atoms with Crippen LogP contribution in [0.4, 0.5) is 0 Å². The molecule has 23 heavy (non-hydrogen) atoms. The lowest BCUT2D eigenvalue weighted by atomic mass is 9.63. The summed E-state index contributed by atoms with van der Waals surface area (Å²) in [5, 5.41) is 6.71. The highest BCUT2D eigenvalue weighted by Gasteiger charge is 2.41. The van der Waals surface area contributed by atoms with E-state index in [2.05, 4.69) is 41.0 Å². The minimum absolute atomic E-state index is 0.00750. The van der Waals surface area contributed by atoms with E-state index in [0.29, 0.717) is 6.54 Å². The summed E-state index contributed by atoms with van der Waals surface area (Å²) in [6.07, 6.45) is 5.88. The number of rotatable bonds is 3. The Morgan fingerprint density at radius 2 is 1.96 bits per heavy atom. The molecule has 1 aromatic rings. The molecule has 0 aromatic carbocycles.